The van der Waals surface area contributed by atoms with Crippen LogP contribution in [-0.2, 0) is 18.4 Å². The molecule has 7 heteroatoms. The molecule has 4 aromatic rings. The molecule has 1 aromatic carbocycles. The highest BCUT2D eigenvalue weighted by Gasteiger charge is 2.20. The molecule has 0 aliphatic rings. The maximum Gasteiger partial charge on any atom is 0.339 e. The number of esters is 1. The van der Waals surface area contributed by atoms with Crippen LogP contribution in [0.5, 0.6) is 0 Å². The van der Waals surface area contributed by atoms with E-state index in [1.165, 1.54) is 0 Å². The molecule has 0 saturated carbocycles. The van der Waals surface area contributed by atoms with Gasteiger partial charge < -0.3 is 9.26 Å². The van der Waals surface area contributed by atoms with Crippen LogP contribution in [0, 0.1) is 13.8 Å². The van der Waals surface area contributed by atoms with E-state index >= 15 is 0 Å². The summed E-state index contributed by atoms with van der Waals surface area (Å²) in [5.41, 5.74) is 4.13. The summed E-state index contributed by atoms with van der Waals surface area (Å²) in [6.07, 6.45) is 0. The van der Waals surface area contributed by atoms with E-state index in [1.807, 2.05) is 51.2 Å². The second-order valence-corrected chi connectivity index (χ2v) is 6.34. The summed E-state index contributed by atoms with van der Waals surface area (Å²) >= 11 is 0. The van der Waals surface area contributed by atoms with E-state index < -0.39 is 5.97 Å². The minimum absolute atomic E-state index is 0.0173. The Kier molecular flexibility index (Phi) is 4.19. The van der Waals surface area contributed by atoms with Gasteiger partial charge >= 0.3 is 5.97 Å². The highest BCUT2D eigenvalue weighted by molar-refractivity contribution is 6.04. The first kappa shape index (κ1) is 17.0. The Morgan fingerprint density at radius 2 is 1.96 bits per heavy atom. The first-order valence-electron chi connectivity index (χ1n) is 8.52. The number of nitrogens with zero attached hydrogens (tertiary/aromatic N) is 4. The SMILES string of the molecule is Cc1cc(COC(=O)c2cc(-c3ccccc3)nc3c2c(C)nn3C)on1. The zero-order chi connectivity index (χ0) is 19.0. The number of hydrogen-bond donors (Lipinski definition) is 0. The molecule has 0 radical (unpaired) electrons. The number of ether oxygens (including phenoxy) is 1. The van der Waals surface area contributed by atoms with Crippen LogP contribution in [0.2, 0.25) is 0 Å². The van der Waals surface area contributed by atoms with Crippen LogP contribution in [0.4, 0.5) is 0 Å². The minimum atomic E-state index is -0.454. The van der Waals surface area contributed by atoms with Crippen LogP contribution in [0.25, 0.3) is 22.3 Å². The minimum Gasteiger partial charge on any atom is -0.454 e. The maximum atomic E-state index is 12.8. The Labute approximate surface area is 155 Å². The average molecular weight is 362 g/mol. The second kappa shape index (κ2) is 6.68. The summed E-state index contributed by atoms with van der Waals surface area (Å²) in [5.74, 6) is 0.0436. The van der Waals surface area contributed by atoms with Gasteiger partial charge in [0.1, 0.15) is 0 Å². The first-order valence-corrected chi connectivity index (χ1v) is 8.52. The molecule has 27 heavy (non-hydrogen) atoms. The van der Waals surface area contributed by atoms with Gasteiger partial charge in [0.25, 0.3) is 0 Å². The summed E-state index contributed by atoms with van der Waals surface area (Å²) in [5, 5.41) is 8.90. The molecular weight excluding hydrogens is 344 g/mol. The lowest BCUT2D eigenvalue weighted by Gasteiger charge is -2.08. The van der Waals surface area contributed by atoms with Crippen molar-refractivity contribution in [3.05, 3.63) is 65.2 Å². The van der Waals surface area contributed by atoms with Crippen LogP contribution >= 0.6 is 0 Å². The molecule has 0 saturated heterocycles. The van der Waals surface area contributed by atoms with Crippen LogP contribution in [0.15, 0.2) is 47.0 Å². The van der Waals surface area contributed by atoms with Crippen molar-refractivity contribution in [3.63, 3.8) is 0 Å². The highest BCUT2D eigenvalue weighted by Crippen LogP contribution is 2.27. The molecule has 0 aliphatic heterocycles. The smallest absolute Gasteiger partial charge is 0.339 e. The van der Waals surface area contributed by atoms with Gasteiger partial charge in [-0.15, -0.1) is 0 Å². The molecule has 7 nitrogen and oxygen atoms in total. The molecule has 0 aliphatic carbocycles. The lowest BCUT2D eigenvalue weighted by molar-refractivity contribution is 0.0439. The van der Waals surface area contributed by atoms with E-state index in [1.54, 1.807) is 16.8 Å². The Bertz CT molecular complexity index is 1130. The zero-order valence-corrected chi connectivity index (χ0v) is 15.3. The molecule has 4 rings (SSSR count). The zero-order valence-electron chi connectivity index (χ0n) is 15.3. The van der Waals surface area contributed by atoms with Gasteiger partial charge in [-0.05, 0) is 19.9 Å². The third kappa shape index (κ3) is 3.19. The topological polar surface area (TPSA) is 83.0 Å². The molecular formula is C20H18N4O3. The molecule has 0 spiro atoms. The van der Waals surface area contributed by atoms with Crippen molar-refractivity contribution >= 4 is 17.0 Å². The fraction of sp³-hybridized carbons (Fsp3) is 0.200. The summed E-state index contributed by atoms with van der Waals surface area (Å²) in [6.45, 7) is 3.68. The molecule has 136 valence electrons. The van der Waals surface area contributed by atoms with Crippen LogP contribution in [0.3, 0.4) is 0 Å². The molecule has 3 aromatic heterocycles. The largest absolute Gasteiger partial charge is 0.454 e. The van der Waals surface area contributed by atoms with Gasteiger partial charge in [0.05, 0.1) is 28.0 Å². The lowest BCUT2D eigenvalue weighted by atomic mass is 10.1. The van der Waals surface area contributed by atoms with Crippen molar-refractivity contribution in [3.8, 4) is 11.3 Å². The Hall–Kier alpha value is -3.48. The number of fused-ring (bicyclic) bond motifs is 1. The van der Waals surface area contributed by atoms with Gasteiger partial charge in [0, 0.05) is 18.7 Å². The number of carbonyl (C=O) groups is 1. The molecule has 0 amide bonds. The van der Waals surface area contributed by atoms with Crippen molar-refractivity contribution in [1.29, 1.82) is 0 Å². The third-order valence-corrected chi connectivity index (χ3v) is 4.28. The van der Waals surface area contributed by atoms with Crippen LogP contribution in [-0.4, -0.2) is 25.9 Å². The predicted molar refractivity (Wildman–Crippen MR) is 99.0 cm³/mol. The average Bonchev–Trinajstić information content (AvgIpc) is 3.22. The predicted octanol–water partition coefficient (Wildman–Crippen LogP) is 3.60. The Morgan fingerprint density at radius 1 is 1.19 bits per heavy atom. The van der Waals surface area contributed by atoms with E-state index in [0.717, 1.165) is 17.0 Å². The van der Waals surface area contributed by atoms with Gasteiger partial charge in [-0.1, -0.05) is 35.5 Å². The normalized spacial score (nSPS) is 11.1. The van der Waals surface area contributed by atoms with Gasteiger partial charge in [0.2, 0.25) is 0 Å². The first-order chi connectivity index (χ1) is 13.0. The second-order valence-electron chi connectivity index (χ2n) is 6.34. The van der Waals surface area contributed by atoms with Gasteiger partial charge in [-0.3, -0.25) is 4.68 Å². The molecule has 0 fully saturated rings. The maximum absolute atomic E-state index is 12.8. The van der Waals surface area contributed by atoms with E-state index in [2.05, 4.69) is 10.3 Å². The molecule has 0 atom stereocenters. The third-order valence-electron chi connectivity index (χ3n) is 4.28. The van der Waals surface area contributed by atoms with E-state index in [-0.39, 0.29) is 6.61 Å². The van der Waals surface area contributed by atoms with Crippen molar-refractivity contribution < 1.29 is 14.1 Å². The number of hydrogen-bond acceptors (Lipinski definition) is 6. The number of aromatic nitrogens is 4. The quantitative estimate of drug-likeness (QED) is 0.516. The standard InChI is InChI=1S/C20H18N4O3/c1-12-9-15(27-23-12)11-26-20(25)16-10-17(14-7-5-4-6-8-14)21-19-18(16)13(2)22-24(19)3/h4-10H,11H2,1-3H3. The van der Waals surface area contributed by atoms with Crippen molar-refractivity contribution in [1.82, 2.24) is 19.9 Å². The van der Waals surface area contributed by atoms with Gasteiger partial charge in [-0.2, -0.15) is 5.10 Å². The highest BCUT2D eigenvalue weighted by atomic mass is 16.5. The van der Waals surface area contributed by atoms with Crippen LogP contribution < -0.4 is 0 Å². The molecule has 0 unspecified atom stereocenters. The van der Waals surface area contributed by atoms with Gasteiger partial charge in [0.15, 0.2) is 18.0 Å². The van der Waals surface area contributed by atoms with Crippen molar-refractivity contribution in [2.75, 3.05) is 0 Å². The molecule has 3 heterocycles. The number of rotatable bonds is 4. The Morgan fingerprint density at radius 3 is 2.67 bits per heavy atom. The summed E-state index contributed by atoms with van der Waals surface area (Å²) < 4.78 is 12.2. The van der Waals surface area contributed by atoms with Crippen molar-refractivity contribution in [2.45, 2.75) is 20.5 Å². The molecule has 0 bridgehead atoms. The van der Waals surface area contributed by atoms with E-state index in [0.29, 0.717) is 28.1 Å². The number of carbonyl (C=O) groups excluding carboxylic acids is 1. The summed E-state index contributed by atoms with van der Waals surface area (Å²) in [6, 6.07) is 13.2. The number of aryl methyl sites for hydroxylation is 3. The molecule has 0 N–H and O–H groups in total. The fourth-order valence-electron chi connectivity index (χ4n) is 3.06. The number of pyridine rings is 1. The van der Waals surface area contributed by atoms with Crippen molar-refractivity contribution in [2.24, 2.45) is 7.05 Å². The van der Waals surface area contributed by atoms with Crippen LogP contribution in [0.1, 0.15) is 27.5 Å². The van der Waals surface area contributed by atoms with Gasteiger partial charge in [-0.25, -0.2) is 9.78 Å². The summed E-state index contributed by atoms with van der Waals surface area (Å²) in [4.78, 5) is 17.5. The fourth-order valence-corrected chi connectivity index (χ4v) is 3.06. The Balaban J connectivity index is 1.76. The number of benzene rings is 1. The lowest BCUT2D eigenvalue weighted by Crippen LogP contribution is -2.07. The van der Waals surface area contributed by atoms with E-state index in [4.69, 9.17) is 14.2 Å². The monoisotopic (exact) mass is 362 g/mol. The van der Waals surface area contributed by atoms with E-state index in [9.17, 15) is 4.79 Å². The summed E-state index contributed by atoms with van der Waals surface area (Å²) in [7, 11) is 1.81.